The Morgan fingerprint density at radius 3 is 2.39 bits per heavy atom. The first-order chi connectivity index (χ1) is 10.9. The lowest BCUT2D eigenvalue weighted by Gasteiger charge is -2.39. The molecule has 0 saturated carbocycles. The minimum absolute atomic E-state index is 0.0864. The third-order valence-corrected chi connectivity index (χ3v) is 3.54. The molecule has 2 rings (SSSR count). The zero-order valence-corrected chi connectivity index (χ0v) is 12.6. The molecule has 1 aliphatic heterocycles. The zero-order valence-electron chi connectivity index (χ0n) is 12.6. The van der Waals surface area contributed by atoms with E-state index in [-0.39, 0.29) is 12.5 Å². The van der Waals surface area contributed by atoms with Crippen LogP contribution >= 0.6 is 0 Å². The minimum atomic E-state index is -1.46. The lowest BCUT2D eigenvalue weighted by Crippen LogP contribution is -2.59. The molecule has 128 valence electrons. The van der Waals surface area contributed by atoms with Crippen molar-refractivity contribution in [1.29, 1.82) is 0 Å². The molecule has 1 aromatic rings. The molecule has 5 N–H and O–H groups in total. The molecule has 0 bridgehead atoms. The molecule has 1 heterocycles. The highest BCUT2D eigenvalue weighted by Gasteiger charge is 2.43. The Bertz CT molecular complexity index is 519. The number of ether oxygens (including phenoxy) is 2. The van der Waals surface area contributed by atoms with Crippen LogP contribution in [0.2, 0.25) is 0 Å². The summed E-state index contributed by atoms with van der Waals surface area (Å²) in [6, 6.07) is 6.87. The van der Waals surface area contributed by atoms with Crippen molar-refractivity contribution < 1.29 is 34.7 Å². The van der Waals surface area contributed by atoms with Gasteiger partial charge < -0.3 is 35.2 Å². The van der Waals surface area contributed by atoms with Gasteiger partial charge in [0, 0.05) is 12.6 Å². The van der Waals surface area contributed by atoms with Crippen LogP contribution in [0, 0.1) is 0 Å². The minimum Gasteiger partial charge on any atom is -0.394 e. The third kappa shape index (κ3) is 4.47. The number of hydrogen-bond donors (Lipinski definition) is 5. The SMILES string of the molecule is CC(=O)Nc1ccc(COC2O[C@H](CO)[C@@H](O)[C@H](O)[C@@H]2O)cc1. The summed E-state index contributed by atoms with van der Waals surface area (Å²) in [5, 5.41) is 40.9. The molecule has 1 aromatic carbocycles. The van der Waals surface area contributed by atoms with E-state index in [1.54, 1.807) is 24.3 Å². The summed E-state index contributed by atoms with van der Waals surface area (Å²) in [5.74, 6) is -0.171. The van der Waals surface area contributed by atoms with Crippen molar-refractivity contribution in [3.8, 4) is 0 Å². The van der Waals surface area contributed by atoms with Crippen molar-refractivity contribution in [3.05, 3.63) is 29.8 Å². The van der Waals surface area contributed by atoms with Crippen molar-refractivity contribution in [2.45, 2.75) is 44.2 Å². The van der Waals surface area contributed by atoms with Crippen LogP contribution in [0.1, 0.15) is 12.5 Å². The van der Waals surface area contributed by atoms with Crippen LogP contribution < -0.4 is 5.32 Å². The monoisotopic (exact) mass is 327 g/mol. The molecular formula is C15H21NO7. The fraction of sp³-hybridized carbons (Fsp3) is 0.533. The van der Waals surface area contributed by atoms with Crippen molar-refractivity contribution in [1.82, 2.24) is 0 Å². The Kier molecular flexibility index (Phi) is 6.05. The number of hydrogen-bond acceptors (Lipinski definition) is 7. The van der Waals surface area contributed by atoms with E-state index < -0.39 is 37.3 Å². The van der Waals surface area contributed by atoms with Gasteiger partial charge in [-0.05, 0) is 17.7 Å². The predicted molar refractivity (Wildman–Crippen MR) is 79.3 cm³/mol. The average Bonchev–Trinajstić information content (AvgIpc) is 2.53. The van der Waals surface area contributed by atoms with E-state index in [4.69, 9.17) is 14.6 Å². The quantitative estimate of drug-likeness (QED) is 0.467. The number of carbonyl (C=O) groups is 1. The van der Waals surface area contributed by atoms with E-state index in [1.165, 1.54) is 6.92 Å². The van der Waals surface area contributed by atoms with Crippen LogP contribution in [0.15, 0.2) is 24.3 Å². The van der Waals surface area contributed by atoms with Gasteiger partial charge in [0.2, 0.25) is 5.91 Å². The molecule has 0 radical (unpaired) electrons. The zero-order chi connectivity index (χ0) is 17.0. The average molecular weight is 327 g/mol. The smallest absolute Gasteiger partial charge is 0.221 e. The molecule has 23 heavy (non-hydrogen) atoms. The van der Waals surface area contributed by atoms with Crippen molar-refractivity contribution >= 4 is 11.6 Å². The number of rotatable bonds is 5. The number of anilines is 1. The Labute approximate surface area is 133 Å². The highest BCUT2D eigenvalue weighted by molar-refractivity contribution is 5.88. The molecule has 1 amide bonds. The molecule has 0 spiro atoms. The molecule has 1 fully saturated rings. The highest BCUT2D eigenvalue weighted by Crippen LogP contribution is 2.23. The second-order valence-electron chi connectivity index (χ2n) is 5.39. The standard InChI is InChI=1S/C15H21NO7/c1-8(18)16-10-4-2-9(3-5-10)7-22-15-14(21)13(20)12(19)11(6-17)23-15/h2-5,11-15,17,19-21H,6-7H2,1H3,(H,16,18)/t11-,12-,13+,14+,15?/m1/s1. The summed E-state index contributed by atoms with van der Waals surface area (Å²) < 4.78 is 10.7. The van der Waals surface area contributed by atoms with Crippen LogP contribution in [-0.2, 0) is 20.9 Å². The molecule has 1 unspecified atom stereocenters. The lowest BCUT2D eigenvalue weighted by atomic mass is 9.99. The van der Waals surface area contributed by atoms with Crippen LogP contribution in [0.25, 0.3) is 0 Å². The van der Waals surface area contributed by atoms with Gasteiger partial charge >= 0.3 is 0 Å². The van der Waals surface area contributed by atoms with E-state index >= 15 is 0 Å². The first-order valence-electron chi connectivity index (χ1n) is 7.21. The van der Waals surface area contributed by atoms with Gasteiger partial charge in [-0.1, -0.05) is 12.1 Å². The predicted octanol–water partition coefficient (Wildman–Crippen LogP) is -1.04. The van der Waals surface area contributed by atoms with E-state index in [0.29, 0.717) is 5.69 Å². The van der Waals surface area contributed by atoms with Gasteiger partial charge in [-0.2, -0.15) is 0 Å². The van der Waals surface area contributed by atoms with Crippen LogP contribution in [0.3, 0.4) is 0 Å². The molecule has 8 nitrogen and oxygen atoms in total. The number of aliphatic hydroxyl groups excluding tert-OH is 4. The highest BCUT2D eigenvalue weighted by atomic mass is 16.7. The molecule has 1 aliphatic rings. The van der Waals surface area contributed by atoms with E-state index in [1.807, 2.05) is 0 Å². The number of aliphatic hydroxyl groups is 4. The van der Waals surface area contributed by atoms with Gasteiger partial charge in [0.25, 0.3) is 0 Å². The Hall–Kier alpha value is -1.55. The molecule has 0 aliphatic carbocycles. The molecular weight excluding hydrogens is 306 g/mol. The van der Waals surface area contributed by atoms with Gasteiger partial charge in [-0.15, -0.1) is 0 Å². The van der Waals surface area contributed by atoms with Crippen LogP contribution in [-0.4, -0.2) is 63.6 Å². The third-order valence-electron chi connectivity index (χ3n) is 3.54. The Morgan fingerprint density at radius 1 is 1.17 bits per heavy atom. The van der Waals surface area contributed by atoms with Crippen LogP contribution in [0.5, 0.6) is 0 Å². The fourth-order valence-electron chi connectivity index (χ4n) is 2.27. The Balaban J connectivity index is 1.93. The van der Waals surface area contributed by atoms with Crippen molar-refractivity contribution in [2.24, 2.45) is 0 Å². The number of carbonyl (C=O) groups excluding carboxylic acids is 1. The maximum absolute atomic E-state index is 10.9. The molecule has 0 aromatic heterocycles. The molecule has 1 saturated heterocycles. The molecule has 8 heteroatoms. The number of amides is 1. The summed E-state index contributed by atoms with van der Waals surface area (Å²) >= 11 is 0. The Morgan fingerprint density at radius 2 is 1.83 bits per heavy atom. The van der Waals surface area contributed by atoms with E-state index in [2.05, 4.69) is 5.32 Å². The molecule has 5 atom stereocenters. The maximum atomic E-state index is 10.9. The lowest BCUT2D eigenvalue weighted by molar-refractivity contribution is -0.304. The first kappa shape index (κ1) is 17.8. The van der Waals surface area contributed by atoms with Gasteiger partial charge in [-0.25, -0.2) is 0 Å². The summed E-state index contributed by atoms with van der Waals surface area (Å²) in [7, 11) is 0. The summed E-state index contributed by atoms with van der Waals surface area (Å²) in [6.45, 7) is 0.995. The second-order valence-corrected chi connectivity index (χ2v) is 5.39. The van der Waals surface area contributed by atoms with Gasteiger partial charge in [-0.3, -0.25) is 4.79 Å². The topological polar surface area (TPSA) is 128 Å². The summed E-state index contributed by atoms with van der Waals surface area (Å²) in [5.41, 5.74) is 1.41. The normalized spacial score (nSPS) is 30.9. The van der Waals surface area contributed by atoms with E-state index in [9.17, 15) is 20.1 Å². The van der Waals surface area contributed by atoms with E-state index in [0.717, 1.165) is 5.56 Å². The first-order valence-corrected chi connectivity index (χ1v) is 7.21. The second kappa shape index (κ2) is 7.82. The van der Waals surface area contributed by atoms with Gasteiger partial charge in [0.1, 0.15) is 24.4 Å². The van der Waals surface area contributed by atoms with Crippen LogP contribution in [0.4, 0.5) is 5.69 Å². The largest absolute Gasteiger partial charge is 0.394 e. The summed E-state index contributed by atoms with van der Waals surface area (Å²) in [6.07, 6.45) is -6.47. The number of benzene rings is 1. The number of nitrogens with one attached hydrogen (secondary N) is 1. The maximum Gasteiger partial charge on any atom is 0.221 e. The van der Waals surface area contributed by atoms with Crippen molar-refractivity contribution in [3.63, 3.8) is 0 Å². The fourth-order valence-corrected chi connectivity index (χ4v) is 2.27. The van der Waals surface area contributed by atoms with Gasteiger partial charge in [0.15, 0.2) is 6.29 Å². The van der Waals surface area contributed by atoms with Gasteiger partial charge in [0.05, 0.1) is 13.2 Å². The van der Waals surface area contributed by atoms with Crippen molar-refractivity contribution in [2.75, 3.05) is 11.9 Å². The summed E-state index contributed by atoms with van der Waals surface area (Å²) in [4.78, 5) is 10.9.